The van der Waals surface area contributed by atoms with Crippen molar-refractivity contribution >= 4 is 28.8 Å². The van der Waals surface area contributed by atoms with Crippen molar-refractivity contribution in [2.24, 2.45) is 0 Å². The van der Waals surface area contributed by atoms with Crippen molar-refractivity contribution < 1.29 is 9.21 Å². The van der Waals surface area contributed by atoms with Gasteiger partial charge >= 0.3 is 0 Å². The van der Waals surface area contributed by atoms with E-state index in [1.165, 1.54) is 11.1 Å². The van der Waals surface area contributed by atoms with Crippen LogP contribution < -0.4 is 0 Å². The number of rotatable bonds is 1. The summed E-state index contributed by atoms with van der Waals surface area (Å²) < 4.78 is 5.92. The first-order chi connectivity index (χ1) is 8.24. The Kier molecular flexibility index (Phi) is 2.68. The average Bonchev–Trinajstić information content (AvgIpc) is 2.94. The molecule has 2 aromatic rings. The molecule has 0 aliphatic carbocycles. The van der Waals surface area contributed by atoms with Crippen LogP contribution >= 0.6 is 22.9 Å². The zero-order valence-electron chi connectivity index (χ0n) is 8.98. The van der Waals surface area contributed by atoms with Crippen LogP contribution in [0.3, 0.4) is 0 Å². The Morgan fingerprint density at radius 1 is 1.53 bits per heavy atom. The Balaban J connectivity index is 1.82. The number of hydrogen-bond donors (Lipinski definition) is 0. The van der Waals surface area contributed by atoms with Gasteiger partial charge in [0.1, 0.15) is 0 Å². The molecular weight excluding hydrogens is 258 g/mol. The van der Waals surface area contributed by atoms with Crippen molar-refractivity contribution in [2.75, 3.05) is 6.54 Å². The quantitative estimate of drug-likeness (QED) is 0.795. The highest BCUT2D eigenvalue weighted by atomic mass is 35.5. The van der Waals surface area contributed by atoms with Gasteiger partial charge < -0.3 is 9.32 Å². The molecule has 0 N–H and O–H groups in total. The number of thiophene rings is 1. The molecule has 3 nitrogen and oxygen atoms in total. The van der Waals surface area contributed by atoms with Crippen LogP contribution in [0, 0.1) is 0 Å². The standard InChI is InChI=1S/C12H10ClNO2S/c13-11-6-8-7-14(4-3-10(8)17-11)12(15)9-2-1-5-16-9/h1-2,5-6H,3-4,7H2. The number of halogens is 1. The minimum absolute atomic E-state index is 0.0528. The molecule has 2 aromatic heterocycles. The van der Waals surface area contributed by atoms with E-state index in [1.807, 2.05) is 6.07 Å². The van der Waals surface area contributed by atoms with E-state index < -0.39 is 0 Å². The van der Waals surface area contributed by atoms with Crippen molar-refractivity contribution in [2.45, 2.75) is 13.0 Å². The van der Waals surface area contributed by atoms with Crippen LogP contribution in [-0.2, 0) is 13.0 Å². The zero-order valence-corrected chi connectivity index (χ0v) is 10.6. The van der Waals surface area contributed by atoms with E-state index in [0.29, 0.717) is 12.3 Å². The molecule has 88 valence electrons. The Hall–Kier alpha value is -1.26. The number of nitrogens with zero attached hydrogens (tertiary/aromatic N) is 1. The summed E-state index contributed by atoms with van der Waals surface area (Å²) in [5, 5.41) is 0. The van der Waals surface area contributed by atoms with Crippen molar-refractivity contribution in [1.29, 1.82) is 0 Å². The second-order valence-corrected chi connectivity index (χ2v) is 5.72. The first-order valence-electron chi connectivity index (χ1n) is 5.34. The Morgan fingerprint density at radius 2 is 2.41 bits per heavy atom. The molecule has 0 spiro atoms. The van der Waals surface area contributed by atoms with Gasteiger partial charge in [-0.25, -0.2) is 0 Å². The predicted octanol–water partition coefficient (Wildman–Crippen LogP) is 3.19. The SMILES string of the molecule is O=C(c1ccco1)N1CCc2sc(Cl)cc2C1. The van der Waals surface area contributed by atoms with Crippen molar-refractivity contribution in [3.05, 3.63) is 45.0 Å². The minimum Gasteiger partial charge on any atom is -0.459 e. The van der Waals surface area contributed by atoms with E-state index in [2.05, 4.69) is 0 Å². The maximum atomic E-state index is 12.1. The highest BCUT2D eigenvalue weighted by Gasteiger charge is 2.24. The van der Waals surface area contributed by atoms with Gasteiger partial charge in [-0.2, -0.15) is 0 Å². The zero-order chi connectivity index (χ0) is 11.8. The van der Waals surface area contributed by atoms with Gasteiger partial charge in [0.05, 0.1) is 10.6 Å². The molecule has 0 unspecified atom stereocenters. The molecule has 0 fully saturated rings. The third-order valence-electron chi connectivity index (χ3n) is 2.86. The minimum atomic E-state index is -0.0528. The van der Waals surface area contributed by atoms with Crippen LogP contribution in [0.1, 0.15) is 21.0 Å². The van der Waals surface area contributed by atoms with Crippen LogP contribution in [0.4, 0.5) is 0 Å². The second-order valence-electron chi connectivity index (χ2n) is 3.95. The Morgan fingerprint density at radius 3 is 3.18 bits per heavy atom. The van der Waals surface area contributed by atoms with E-state index in [-0.39, 0.29) is 5.91 Å². The molecule has 0 atom stereocenters. The monoisotopic (exact) mass is 267 g/mol. The third kappa shape index (κ3) is 1.98. The van der Waals surface area contributed by atoms with Gasteiger partial charge in [0.2, 0.25) is 0 Å². The van der Waals surface area contributed by atoms with E-state index >= 15 is 0 Å². The van der Waals surface area contributed by atoms with Crippen LogP contribution in [0.5, 0.6) is 0 Å². The lowest BCUT2D eigenvalue weighted by atomic mass is 10.1. The van der Waals surface area contributed by atoms with Crippen molar-refractivity contribution in [3.63, 3.8) is 0 Å². The molecule has 0 aromatic carbocycles. The van der Waals surface area contributed by atoms with Crippen LogP contribution in [0.25, 0.3) is 0 Å². The lowest BCUT2D eigenvalue weighted by molar-refractivity contribution is 0.0703. The third-order valence-corrected chi connectivity index (χ3v) is 4.22. The van der Waals surface area contributed by atoms with E-state index in [0.717, 1.165) is 22.9 Å². The summed E-state index contributed by atoms with van der Waals surface area (Å²) in [6, 6.07) is 5.37. The number of furan rings is 1. The van der Waals surface area contributed by atoms with Crippen LogP contribution in [-0.4, -0.2) is 17.4 Å². The number of amides is 1. The second kappa shape index (κ2) is 4.20. The smallest absolute Gasteiger partial charge is 0.289 e. The molecule has 1 amide bonds. The molecule has 5 heteroatoms. The molecular formula is C12H10ClNO2S. The van der Waals surface area contributed by atoms with Crippen molar-refractivity contribution in [1.82, 2.24) is 4.90 Å². The Bertz CT molecular complexity index is 547. The normalized spacial score (nSPS) is 14.8. The number of fused-ring (bicyclic) bond motifs is 1. The molecule has 1 aliphatic heterocycles. The van der Waals surface area contributed by atoms with Gasteiger partial charge in [0.25, 0.3) is 5.91 Å². The number of hydrogen-bond acceptors (Lipinski definition) is 3. The molecule has 17 heavy (non-hydrogen) atoms. The highest BCUT2D eigenvalue weighted by molar-refractivity contribution is 7.16. The fourth-order valence-electron chi connectivity index (χ4n) is 2.03. The van der Waals surface area contributed by atoms with E-state index in [4.69, 9.17) is 16.0 Å². The highest BCUT2D eigenvalue weighted by Crippen LogP contribution is 2.31. The lowest BCUT2D eigenvalue weighted by Crippen LogP contribution is -2.35. The summed E-state index contributed by atoms with van der Waals surface area (Å²) in [6.45, 7) is 1.35. The maximum Gasteiger partial charge on any atom is 0.289 e. The summed E-state index contributed by atoms with van der Waals surface area (Å²) in [7, 11) is 0. The number of carbonyl (C=O) groups is 1. The van der Waals surface area contributed by atoms with E-state index in [1.54, 1.807) is 28.4 Å². The average molecular weight is 268 g/mol. The fraction of sp³-hybridized carbons (Fsp3) is 0.250. The van der Waals surface area contributed by atoms with Gasteiger partial charge in [-0.1, -0.05) is 11.6 Å². The fourth-order valence-corrected chi connectivity index (χ4v) is 3.32. The largest absolute Gasteiger partial charge is 0.459 e. The first-order valence-corrected chi connectivity index (χ1v) is 6.53. The lowest BCUT2D eigenvalue weighted by Gasteiger charge is -2.25. The summed E-state index contributed by atoms with van der Waals surface area (Å²) in [5.41, 5.74) is 1.16. The maximum absolute atomic E-state index is 12.1. The van der Waals surface area contributed by atoms with Crippen molar-refractivity contribution in [3.8, 4) is 0 Å². The topological polar surface area (TPSA) is 33.5 Å². The predicted molar refractivity (Wildman–Crippen MR) is 66.5 cm³/mol. The van der Waals surface area contributed by atoms with Gasteiger partial charge in [-0.05, 0) is 30.2 Å². The summed E-state index contributed by atoms with van der Waals surface area (Å²) in [6.07, 6.45) is 2.39. The first kappa shape index (κ1) is 10.9. The molecule has 3 heterocycles. The summed E-state index contributed by atoms with van der Waals surface area (Å²) in [5.74, 6) is 0.345. The van der Waals surface area contributed by atoms with Gasteiger partial charge in [-0.15, -0.1) is 11.3 Å². The summed E-state index contributed by atoms with van der Waals surface area (Å²) >= 11 is 7.58. The van der Waals surface area contributed by atoms with Gasteiger partial charge in [-0.3, -0.25) is 4.79 Å². The van der Waals surface area contributed by atoms with Gasteiger partial charge in [0.15, 0.2) is 5.76 Å². The van der Waals surface area contributed by atoms with Gasteiger partial charge in [0, 0.05) is 18.0 Å². The molecule has 0 radical (unpaired) electrons. The van der Waals surface area contributed by atoms with E-state index in [9.17, 15) is 4.79 Å². The molecule has 0 saturated carbocycles. The molecule has 1 aliphatic rings. The molecule has 0 bridgehead atoms. The number of carbonyl (C=O) groups excluding carboxylic acids is 1. The van der Waals surface area contributed by atoms with Crippen LogP contribution in [0.2, 0.25) is 4.34 Å². The molecule has 0 saturated heterocycles. The summed E-state index contributed by atoms with van der Waals surface area (Å²) in [4.78, 5) is 15.2. The Labute approximate surface area is 108 Å². The van der Waals surface area contributed by atoms with Crippen LogP contribution in [0.15, 0.2) is 28.9 Å². The molecule has 3 rings (SSSR count).